The predicted molar refractivity (Wildman–Crippen MR) is 71.6 cm³/mol. The molecule has 2 aromatic heterocycles. The lowest BCUT2D eigenvalue weighted by atomic mass is 10.3. The van der Waals surface area contributed by atoms with Gasteiger partial charge in [-0.1, -0.05) is 5.16 Å². The molecule has 98 valence electrons. The number of aryl methyl sites for hydroxylation is 4. The van der Waals surface area contributed by atoms with Crippen molar-refractivity contribution in [2.45, 2.75) is 26.8 Å². The van der Waals surface area contributed by atoms with Crippen molar-refractivity contribution in [3.05, 3.63) is 35.7 Å². The Hall–Kier alpha value is -2.37. The van der Waals surface area contributed by atoms with E-state index in [2.05, 4.69) is 19.7 Å². The van der Waals surface area contributed by atoms with Crippen molar-refractivity contribution in [3.63, 3.8) is 0 Å². The van der Waals surface area contributed by atoms with Gasteiger partial charge in [0.2, 0.25) is 5.89 Å². The molecule has 2 heterocycles. The Balaban J connectivity index is 1.90. The summed E-state index contributed by atoms with van der Waals surface area (Å²) in [5.41, 5.74) is 8.48. The second-order valence-corrected chi connectivity index (χ2v) is 4.54. The van der Waals surface area contributed by atoms with Crippen LogP contribution in [0, 0.1) is 13.8 Å². The van der Waals surface area contributed by atoms with Crippen LogP contribution in [0.2, 0.25) is 0 Å². The highest BCUT2D eigenvalue weighted by atomic mass is 16.5. The van der Waals surface area contributed by atoms with Crippen molar-refractivity contribution in [2.75, 3.05) is 5.73 Å². The lowest BCUT2D eigenvalue weighted by Crippen LogP contribution is -2.03. The highest BCUT2D eigenvalue weighted by Gasteiger charge is 2.09. The topological polar surface area (TPSA) is 82.8 Å². The van der Waals surface area contributed by atoms with Crippen LogP contribution in [-0.4, -0.2) is 19.7 Å². The van der Waals surface area contributed by atoms with Crippen molar-refractivity contribution in [1.82, 2.24) is 19.7 Å². The second-order valence-electron chi connectivity index (χ2n) is 4.54. The standard InChI is InChI=1S/C13H15N5O/c1-8-15-13(19-17-8)5-6-18-9(2)16-11-7-10(14)3-4-12(11)18/h3-4,7H,5-6,14H2,1-2H3. The van der Waals surface area contributed by atoms with E-state index in [0.717, 1.165) is 29.1 Å². The maximum Gasteiger partial charge on any atom is 0.228 e. The normalized spacial score (nSPS) is 11.3. The summed E-state index contributed by atoms with van der Waals surface area (Å²) in [6.07, 6.45) is 0.692. The van der Waals surface area contributed by atoms with Gasteiger partial charge in [-0.25, -0.2) is 4.98 Å². The Kier molecular flexibility index (Phi) is 2.70. The van der Waals surface area contributed by atoms with Gasteiger partial charge in [-0.2, -0.15) is 4.98 Å². The van der Waals surface area contributed by atoms with E-state index in [1.807, 2.05) is 32.0 Å². The molecule has 0 fully saturated rings. The largest absolute Gasteiger partial charge is 0.399 e. The molecular weight excluding hydrogens is 242 g/mol. The molecule has 0 bridgehead atoms. The van der Waals surface area contributed by atoms with Gasteiger partial charge < -0.3 is 14.8 Å². The number of benzene rings is 1. The van der Waals surface area contributed by atoms with Crippen molar-refractivity contribution < 1.29 is 4.52 Å². The van der Waals surface area contributed by atoms with Gasteiger partial charge in [0.15, 0.2) is 5.82 Å². The Morgan fingerprint density at radius 3 is 2.84 bits per heavy atom. The first-order valence-corrected chi connectivity index (χ1v) is 6.15. The first-order chi connectivity index (χ1) is 9.13. The zero-order chi connectivity index (χ0) is 13.4. The van der Waals surface area contributed by atoms with E-state index in [4.69, 9.17) is 10.3 Å². The molecular formula is C13H15N5O. The van der Waals surface area contributed by atoms with Gasteiger partial charge in [-0.3, -0.25) is 0 Å². The molecule has 0 aliphatic rings. The van der Waals surface area contributed by atoms with Crippen molar-refractivity contribution in [2.24, 2.45) is 0 Å². The van der Waals surface area contributed by atoms with Gasteiger partial charge in [0.05, 0.1) is 11.0 Å². The maximum atomic E-state index is 5.77. The molecule has 0 saturated heterocycles. The molecule has 0 unspecified atom stereocenters. The Morgan fingerprint density at radius 1 is 1.26 bits per heavy atom. The number of fused-ring (bicyclic) bond motifs is 1. The van der Waals surface area contributed by atoms with Crippen LogP contribution >= 0.6 is 0 Å². The minimum absolute atomic E-state index is 0.647. The Labute approximate surface area is 110 Å². The fourth-order valence-electron chi connectivity index (χ4n) is 2.20. The molecule has 6 heteroatoms. The fraction of sp³-hybridized carbons (Fsp3) is 0.308. The molecule has 0 atom stereocenters. The summed E-state index contributed by atoms with van der Waals surface area (Å²) in [6, 6.07) is 5.76. The minimum atomic E-state index is 0.647. The summed E-state index contributed by atoms with van der Waals surface area (Å²) in [7, 11) is 0. The molecule has 6 nitrogen and oxygen atoms in total. The third-order valence-corrected chi connectivity index (χ3v) is 3.08. The number of rotatable bonds is 3. The molecule has 1 aromatic carbocycles. The number of nitrogen functional groups attached to an aromatic ring is 1. The molecule has 0 radical (unpaired) electrons. The molecule has 0 aliphatic carbocycles. The summed E-state index contributed by atoms with van der Waals surface area (Å²) in [6.45, 7) is 4.55. The van der Waals surface area contributed by atoms with E-state index in [0.29, 0.717) is 18.1 Å². The van der Waals surface area contributed by atoms with Crippen LogP contribution in [0.3, 0.4) is 0 Å². The van der Waals surface area contributed by atoms with Crippen LogP contribution in [-0.2, 0) is 13.0 Å². The first kappa shape index (κ1) is 11.7. The zero-order valence-corrected chi connectivity index (χ0v) is 10.9. The second kappa shape index (κ2) is 4.38. The van der Waals surface area contributed by atoms with Crippen LogP contribution in [0.25, 0.3) is 11.0 Å². The van der Waals surface area contributed by atoms with Gasteiger partial charge in [0.25, 0.3) is 0 Å². The van der Waals surface area contributed by atoms with Gasteiger partial charge >= 0.3 is 0 Å². The monoisotopic (exact) mass is 257 g/mol. The molecule has 19 heavy (non-hydrogen) atoms. The molecule has 0 amide bonds. The summed E-state index contributed by atoms with van der Waals surface area (Å²) in [5.74, 6) is 2.26. The number of imidazole rings is 1. The van der Waals surface area contributed by atoms with Gasteiger partial charge in [0.1, 0.15) is 5.82 Å². The molecule has 0 spiro atoms. The maximum absolute atomic E-state index is 5.77. The number of nitrogens with two attached hydrogens (primary N) is 1. The molecule has 3 rings (SSSR count). The van der Waals surface area contributed by atoms with Crippen LogP contribution in [0.5, 0.6) is 0 Å². The summed E-state index contributed by atoms with van der Waals surface area (Å²) < 4.78 is 7.25. The van der Waals surface area contributed by atoms with Crippen LogP contribution in [0.4, 0.5) is 5.69 Å². The van der Waals surface area contributed by atoms with Crippen LogP contribution in [0.15, 0.2) is 22.7 Å². The summed E-state index contributed by atoms with van der Waals surface area (Å²) in [4.78, 5) is 8.71. The first-order valence-electron chi connectivity index (χ1n) is 6.15. The number of nitrogens with zero attached hydrogens (tertiary/aromatic N) is 4. The fourth-order valence-corrected chi connectivity index (χ4v) is 2.20. The van der Waals surface area contributed by atoms with E-state index in [-0.39, 0.29) is 0 Å². The smallest absolute Gasteiger partial charge is 0.228 e. The van der Waals surface area contributed by atoms with E-state index in [9.17, 15) is 0 Å². The lowest BCUT2D eigenvalue weighted by Gasteiger charge is -2.04. The average molecular weight is 257 g/mol. The van der Waals surface area contributed by atoms with Gasteiger partial charge in [0, 0.05) is 18.7 Å². The third kappa shape index (κ3) is 2.16. The highest BCUT2D eigenvalue weighted by molar-refractivity contribution is 5.79. The van der Waals surface area contributed by atoms with Crippen molar-refractivity contribution >= 4 is 16.7 Å². The minimum Gasteiger partial charge on any atom is -0.399 e. The highest BCUT2D eigenvalue weighted by Crippen LogP contribution is 2.19. The number of anilines is 1. The predicted octanol–water partition coefficient (Wildman–Crippen LogP) is 1.86. The Morgan fingerprint density at radius 2 is 2.11 bits per heavy atom. The number of hydrogen-bond acceptors (Lipinski definition) is 5. The van der Waals surface area contributed by atoms with Gasteiger partial charge in [-0.15, -0.1) is 0 Å². The molecule has 0 saturated carbocycles. The van der Waals surface area contributed by atoms with Crippen LogP contribution < -0.4 is 5.73 Å². The number of aromatic nitrogens is 4. The summed E-state index contributed by atoms with van der Waals surface area (Å²) in [5, 5.41) is 3.79. The van der Waals surface area contributed by atoms with E-state index in [1.54, 1.807) is 0 Å². The number of hydrogen-bond donors (Lipinski definition) is 1. The molecule has 0 aliphatic heterocycles. The van der Waals surface area contributed by atoms with Crippen molar-refractivity contribution in [3.8, 4) is 0 Å². The van der Waals surface area contributed by atoms with Gasteiger partial charge in [-0.05, 0) is 32.0 Å². The lowest BCUT2D eigenvalue weighted by molar-refractivity contribution is 0.368. The SMILES string of the molecule is Cc1noc(CCn2c(C)nc3cc(N)ccc32)n1. The van der Waals surface area contributed by atoms with Crippen molar-refractivity contribution in [1.29, 1.82) is 0 Å². The average Bonchev–Trinajstić information content (AvgIpc) is 2.89. The molecule has 2 N–H and O–H groups in total. The zero-order valence-electron chi connectivity index (χ0n) is 10.9. The quantitative estimate of drug-likeness (QED) is 0.724. The Bertz CT molecular complexity index is 728. The van der Waals surface area contributed by atoms with E-state index in [1.165, 1.54) is 0 Å². The van der Waals surface area contributed by atoms with Crippen LogP contribution in [0.1, 0.15) is 17.5 Å². The van der Waals surface area contributed by atoms with E-state index >= 15 is 0 Å². The third-order valence-electron chi connectivity index (χ3n) is 3.08. The molecule has 3 aromatic rings. The van der Waals surface area contributed by atoms with E-state index < -0.39 is 0 Å². The summed E-state index contributed by atoms with van der Waals surface area (Å²) >= 11 is 0.